The van der Waals surface area contributed by atoms with Gasteiger partial charge in [-0.05, 0) is 48.0 Å². The van der Waals surface area contributed by atoms with Crippen LogP contribution in [0.3, 0.4) is 0 Å². The fourth-order valence-electron chi connectivity index (χ4n) is 2.10. The Kier molecular flexibility index (Phi) is 5.20. The lowest BCUT2D eigenvalue weighted by Crippen LogP contribution is -2.20. The van der Waals surface area contributed by atoms with Crippen LogP contribution in [0.15, 0.2) is 48.5 Å². The second kappa shape index (κ2) is 7.72. The van der Waals surface area contributed by atoms with Crippen LogP contribution in [-0.2, 0) is 14.3 Å². The standard InChI is InChI=1S/C18H14ClNO5/c19-13-3-5-14(6-4-13)20-17(21)10-23-18(22)8-2-12-1-7-15-16(9-12)25-11-24-15/h1-9H,10-11H2,(H,20,21)/b8-2+. The molecule has 1 heterocycles. The minimum absolute atomic E-state index is 0.188. The summed E-state index contributed by atoms with van der Waals surface area (Å²) in [4.78, 5) is 23.4. The minimum Gasteiger partial charge on any atom is -0.454 e. The predicted octanol–water partition coefficient (Wildman–Crippen LogP) is 3.26. The molecule has 0 saturated carbocycles. The SMILES string of the molecule is O=C(COC(=O)/C=C/c1ccc2c(c1)OCO2)Nc1ccc(Cl)cc1. The molecule has 1 aliphatic rings. The largest absolute Gasteiger partial charge is 0.454 e. The van der Waals surface area contributed by atoms with Crippen molar-refractivity contribution in [1.82, 2.24) is 0 Å². The summed E-state index contributed by atoms with van der Waals surface area (Å²) in [5, 5.41) is 3.16. The molecule has 0 aromatic heterocycles. The number of hydrogen-bond donors (Lipinski definition) is 1. The number of halogens is 1. The van der Waals surface area contributed by atoms with Gasteiger partial charge in [0.15, 0.2) is 18.1 Å². The normalized spacial score (nSPS) is 12.2. The van der Waals surface area contributed by atoms with E-state index in [1.165, 1.54) is 6.08 Å². The van der Waals surface area contributed by atoms with Crippen LogP contribution >= 0.6 is 11.6 Å². The number of amides is 1. The van der Waals surface area contributed by atoms with Crippen molar-refractivity contribution in [3.63, 3.8) is 0 Å². The quantitative estimate of drug-likeness (QED) is 0.655. The average molecular weight is 360 g/mol. The van der Waals surface area contributed by atoms with Gasteiger partial charge in [-0.15, -0.1) is 0 Å². The number of anilines is 1. The van der Waals surface area contributed by atoms with Crippen molar-refractivity contribution in [2.24, 2.45) is 0 Å². The molecule has 3 rings (SSSR count). The summed E-state index contributed by atoms with van der Waals surface area (Å²) >= 11 is 5.76. The van der Waals surface area contributed by atoms with E-state index in [2.05, 4.69) is 5.32 Å². The molecule has 2 aromatic rings. The molecule has 0 bridgehead atoms. The lowest BCUT2D eigenvalue weighted by molar-refractivity contribution is -0.142. The van der Waals surface area contributed by atoms with Gasteiger partial charge in [-0.25, -0.2) is 4.79 Å². The highest BCUT2D eigenvalue weighted by atomic mass is 35.5. The van der Waals surface area contributed by atoms with Crippen LogP contribution in [0.1, 0.15) is 5.56 Å². The van der Waals surface area contributed by atoms with Crippen LogP contribution in [0.5, 0.6) is 11.5 Å². The summed E-state index contributed by atoms with van der Waals surface area (Å²) in [6.07, 6.45) is 2.81. The summed E-state index contributed by atoms with van der Waals surface area (Å²) in [5.74, 6) is 0.229. The van der Waals surface area contributed by atoms with E-state index in [9.17, 15) is 9.59 Å². The monoisotopic (exact) mass is 359 g/mol. The molecule has 128 valence electrons. The Balaban J connectivity index is 1.47. The molecule has 0 atom stereocenters. The Hall–Kier alpha value is -2.99. The second-order valence-corrected chi connectivity index (χ2v) is 5.55. The highest BCUT2D eigenvalue weighted by Gasteiger charge is 2.12. The van der Waals surface area contributed by atoms with Crippen LogP contribution in [0, 0.1) is 0 Å². The molecule has 0 fully saturated rings. The minimum atomic E-state index is -0.621. The van der Waals surface area contributed by atoms with E-state index >= 15 is 0 Å². The van der Waals surface area contributed by atoms with Crippen molar-refractivity contribution in [2.75, 3.05) is 18.7 Å². The molecule has 25 heavy (non-hydrogen) atoms. The first-order chi connectivity index (χ1) is 12.1. The van der Waals surface area contributed by atoms with E-state index in [0.29, 0.717) is 22.2 Å². The number of rotatable bonds is 5. The van der Waals surface area contributed by atoms with E-state index < -0.39 is 11.9 Å². The van der Waals surface area contributed by atoms with Crippen LogP contribution in [0.2, 0.25) is 5.02 Å². The zero-order valence-corrected chi connectivity index (χ0v) is 13.8. The van der Waals surface area contributed by atoms with Crippen molar-refractivity contribution < 1.29 is 23.8 Å². The Morgan fingerprint density at radius 1 is 1.12 bits per heavy atom. The molecule has 2 aromatic carbocycles. The highest BCUT2D eigenvalue weighted by Crippen LogP contribution is 2.32. The van der Waals surface area contributed by atoms with Crippen LogP contribution in [0.25, 0.3) is 6.08 Å². The Bertz CT molecular complexity index is 817. The van der Waals surface area contributed by atoms with Crippen LogP contribution < -0.4 is 14.8 Å². The van der Waals surface area contributed by atoms with E-state index in [1.54, 1.807) is 48.5 Å². The smallest absolute Gasteiger partial charge is 0.331 e. The highest BCUT2D eigenvalue weighted by molar-refractivity contribution is 6.30. The summed E-state index contributed by atoms with van der Waals surface area (Å²) in [6.45, 7) is -0.194. The first-order valence-corrected chi connectivity index (χ1v) is 7.78. The number of benzene rings is 2. The molecule has 0 unspecified atom stereocenters. The van der Waals surface area contributed by atoms with Gasteiger partial charge in [0.2, 0.25) is 6.79 Å². The van der Waals surface area contributed by atoms with Gasteiger partial charge >= 0.3 is 5.97 Å². The van der Waals surface area contributed by atoms with Crippen molar-refractivity contribution in [1.29, 1.82) is 0 Å². The van der Waals surface area contributed by atoms with E-state index in [1.807, 2.05) is 0 Å². The van der Waals surface area contributed by atoms with Crippen molar-refractivity contribution in [3.05, 3.63) is 59.1 Å². The summed E-state index contributed by atoms with van der Waals surface area (Å²) in [7, 11) is 0. The molecular weight excluding hydrogens is 346 g/mol. The lowest BCUT2D eigenvalue weighted by Gasteiger charge is -2.05. The van der Waals surface area contributed by atoms with Gasteiger partial charge in [-0.3, -0.25) is 4.79 Å². The number of hydrogen-bond acceptors (Lipinski definition) is 5. The van der Waals surface area contributed by atoms with Gasteiger partial charge in [-0.1, -0.05) is 17.7 Å². The zero-order valence-electron chi connectivity index (χ0n) is 13.0. The van der Waals surface area contributed by atoms with Gasteiger partial charge in [0, 0.05) is 16.8 Å². The number of esters is 1. The molecule has 0 radical (unpaired) electrons. The maximum absolute atomic E-state index is 11.7. The second-order valence-electron chi connectivity index (χ2n) is 5.11. The summed E-state index contributed by atoms with van der Waals surface area (Å²) < 4.78 is 15.4. The average Bonchev–Trinajstić information content (AvgIpc) is 3.08. The van der Waals surface area contributed by atoms with Crippen LogP contribution in [0.4, 0.5) is 5.69 Å². The molecule has 0 aliphatic carbocycles. The Morgan fingerprint density at radius 2 is 1.88 bits per heavy atom. The fourth-order valence-corrected chi connectivity index (χ4v) is 2.22. The first kappa shape index (κ1) is 16.9. The molecule has 0 saturated heterocycles. The summed E-state index contributed by atoms with van der Waals surface area (Å²) in [5.41, 5.74) is 1.33. The number of ether oxygens (including phenoxy) is 3. The molecule has 7 heteroatoms. The predicted molar refractivity (Wildman–Crippen MR) is 92.6 cm³/mol. The lowest BCUT2D eigenvalue weighted by atomic mass is 10.2. The van der Waals surface area contributed by atoms with Gasteiger partial charge in [-0.2, -0.15) is 0 Å². The van der Waals surface area contributed by atoms with E-state index in [-0.39, 0.29) is 13.4 Å². The molecule has 6 nitrogen and oxygen atoms in total. The molecule has 1 aliphatic heterocycles. The van der Waals surface area contributed by atoms with Gasteiger partial charge in [0.1, 0.15) is 0 Å². The third-order valence-corrected chi connectivity index (χ3v) is 3.53. The number of nitrogens with one attached hydrogen (secondary N) is 1. The topological polar surface area (TPSA) is 73.9 Å². The van der Waals surface area contributed by atoms with Crippen molar-refractivity contribution in [3.8, 4) is 11.5 Å². The molecule has 1 amide bonds. The third-order valence-electron chi connectivity index (χ3n) is 3.28. The molecular formula is C18H14ClNO5. The number of carbonyl (C=O) groups is 2. The van der Waals surface area contributed by atoms with E-state index in [0.717, 1.165) is 5.56 Å². The molecule has 1 N–H and O–H groups in total. The number of fused-ring (bicyclic) bond motifs is 1. The van der Waals surface area contributed by atoms with Crippen molar-refractivity contribution in [2.45, 2.75) is 0 Å². The fraction of sp³-hybridized carbons (Fsp3) is 0.111. The maximum atomic E-state index is 11.7. The zero-order chi connectivity index (χ0) is 17.6. The van der Waals surface area contributed by atoms with E-state index in [4.69, 9.17) is 25.8 Å². The van der Waals surface area contributed by atoms with Gasteiger partial charge in [0.05, 0.1) is 0 Å². The maximum Gasteiger partial charge on any atom is 0.331 e. The first-order valence-electron chi connectivity index (χ1n) is 7.40. The van der Waals surface area contributed by atoms with Crippen LogP contribution in [-0.4, -0.2) is 25.3 Å². The third kappa shape index (κ3) is 4.74. The molecule has 0 spiro atoms. The Morgan fingerprint density at radius 3 is 2.68 bits per heavy atom. The Labute approximate surface area is 148 Å². The number of carbonyl (C=O) groups excluding carboxylic acids is 2. The summed E-state index contributed by atoms with van der Waals surface area (Å²) in [6, 6.07) is 11.9. The van der Waals surface area contributed by atoms with Gasteiger partial charge < -0.3 is 19.5 Å². The van der Waals surface area contributed by atoms with Gasteiger partial charge in [0.25, 0.3) is 5.91 Å². The van der Waals surface area contributed by atoms with Crippen molar-refractivity contribution >= 4 is 35.2 Å².